The van der Waals surface area contributed by atoms with Gasteiger partial charge < -0.3 is 14.8 Å². The van der Waals surface area contributed by atoms with Gasteiger partial charge in [-0.15, -0.1) is 0 Å². The molecule has 9 heteroatoms. The van der Waals surface area contributed by atoms with Crippen LogP contribution >= 0.6 is 15.9 Å². The van der Waals surface area contributed by atoms with Gasteiger partial charge >= 0.3 is 0 Å². The lowest BCUT2D eigenvalue weighted by molar-refractivity contribution is -0.113. The fourth-order valence-corrected chi connectivity index (χ4v) is 5.00. The van der Waals surface area contributed by atoms with Crippen molar-refractivity contribution in [2.45, 2.75) is 18.7 Å². The third-order valence-electron chi connectivity index (χ3n) is 4.74. The van der Waals surface area contributed by atoms with E-state index in [-0.39, 0.29) is 17.2 Å². The Morgan fingerprint density at radius 1 is 1.20 bits per heavy atom. The van der Waals surface area contributed by atoms with Crippen LogP contribution in [0.2, 0.25) is 0 Å². The van der Waals surface area contributed by atoms with E-state index < -0.39 is 15.9 Å². The van der Waals surface area contributed by atoms with E-state index in [9.17, 15) is 13.2 Å². The highest BCUT2D eigenvalue weighted by molar-refractivity contribution is 9.10. The molecule has 1 aliphatic rings. The van der Waals surface area contributed by atoms with Crippen LogP contribution in [0.3, 0.4) is 0 Å². The molecular formula is C21H23BrN2O5S. The van der Waals surface area contributed by atoms with E-state index in [1.54, 1.807) is 19.9 Å². The number of anilines is 1. The highest BCUT2D eigenvalue weighted by atomic mass is 79.9. The van der Waals surface area contributed by atoms with Crippen LogP contribution in [0.1, 0.15) is 19.4 Å². The minimum absolute atomic E-state index is 0.0884. The summed E-state index contributed by atoms with van der Waals surface area (Å²) in [6, 6.07) is 9.97. The molecule has 1 amide bonds. The minimum atomic E-state index is -3.67. The number of benzene rings is 2. The summed E-state index contributed by atoms with van der Waals surface area (Å²) < 4.78 is 38.9. The molecule has 0 fully saturated rings. The number of carbonyl (C=O) groups is 1. The zero-order valence-corrected chi connectivity index (χ0v) is 19.3. The summed E-state index contributed by atoms with van der Waals surface area (Å²) >= 11 is 3.41. The van der Waals surface area contributed by atoms with Crippen molar-refractivity contribution in [2.75, 3.05) is 32.1 Å². The van der Waals surface area contributed by atoms with Gasteiger partial charge in [0.1, 0.15) is 18.1 Å². The Balaban J connectivity index is 1.91. The maximum atomic E-state index is 12.9. The van der Waals surface area contributed by atoms with E-state index in [1.165, 1.54) is 29.6 Å². The van der Waals surface area contributed by atoms with E-state index in [2.05, 4.69) is 21.2 Å². The van der Waals surface area contributed by atoms with Crippen LogP contribution in [0.25, 0.3) is 6.08 Å². The van der Waals surface area contributed by atoms with Crippen LogP contribution in [0.5, 0.6) is 11.5 Å². The van der Waals surface area contributed by atoms with Gasteiger partial charge in [0.25, 0.3) is 5.91 Å². The maximum Gasteiger partial charge on any atom is 0.255 e. The Bertz CT molecular complexity index is 1090. The number of hydrogen-bond donors (Lipinski definition) is 1. The monoisotopic (exact) mass is 494 g/mol. The lowest BCUT2D eigenvalue weighted by Crippen LogP contribution is -2.30. The zero-order valence-electron chi connectivity index (χ0n) is 16.9. The standard InChI is InChI=1S/C21H23BrN2O5S/c1-4-24(5-2)30(26,27)17-7-9-20(28-3)18(12-17)23-21(25)15-10-14-11-16(22)6-8-19(14)29-13-15/h6-12H,4-5,13H2,1-3H3,(H,23,25). The number of carbonyl (C=O) groups excluding carboxylic acids is 1. The first-order valence-electron chi connectivity index (χ1n) is 9.42. The number of nitrogens with one attached hydrogen (secondary N) is 1. The molecule has 160 valence electrons. The van der Waals surface area contributed by atoms with E-state index >= 15 is 0 Å². The van der Waals surface area contributed by atoms with Gasteiger partial charge in [-0.2, -0.15) is 4.31 Å². The van der Waals surface area contributed by atoms with Crippen LogP contribution in [-0.2, 0) is 14.8 Å². The van der Waals surface area contributed by atoms with Crippen molar-refractivity contribution in [1.82, 2.24) is 4.31 Å². The van der Waals surface area contributed by atoms with Crippen molar-refractivity contribution < 1.29 is 22.7 Å². The molecule has 1 N–H and O–H groups in total. The van der Waals surface area contributed by atoms with Gasteiger partial charge in [-0.05, 0) is 42.5 Å². The van der Waals surface area contributed by atoms with Gasteiger partial charge in [0, 0.05) is 23.1 Å². The number of sulfonamides is 1. The Morgan fingerprint density at radius 3 is 2.60 bits per heavy atom. The van der Waals surface area contributed by atoms with Crippen molar-refractivity contribution in [1.29, 1.82) is 0 Å². The molecule has 0 radical (unpaired) electrons. The van der Waals surface area contributed by atoms with Gasteiger partial charge in [-0.3, -0.25) is 4.79 Å². The lowest BCUT2D eigenvalue weighted by atomic mass is 10.1. The van der Waals surface area contributed by atoms with Crippen LogP contribution in [0, 0.1) is 0 Å². The normalized spacial score (nSPS) is 13.3. The molecule has 3 rings (SSSR count). The second-order valence-corrected chi connectivity index (χ2v) is 9.40. The van der Waals surface area contributed by atoms with Crippen molar-refractivity contribution in [3.63, 3.8) is 0 Å². The summed E-state index contributed by atoms with van der Waals surface area (Å²) in [6.45, 7) is 4.37. The van der Waals surface area contributed by atoms with E-state index in [4.69, 9.17) is 9.47 Å². The summed E-state index contributed by atoms with van der Waals surface area (Å²) in [4.78, 5) is 12.9. The average molecular weight is 495 g/mol. The van der Waals surface area contributed by atoms with E-state index in [0.717, 1.165) is 10.0 Å². The third-order valence-corrected chi connectivity index (χ3v) is 7.28. The minimum Gasteiger partial charge on any atom is -0.495 e. The fraction of sp³-hybridized carbons (Fsp3) is 0.286. The molecule has 0 aromatic heterocycles. The Labute approximate surface area is 184 Å². The molecule has 0 aliphatic carbocycles. The van der Waals surface area contributed by atoms with Gasteiger partial charge in [-0.25, -0.2) is 8.42 Å². The quantitative estimate of drug-likeness (QED) is 0.630. The van der Waals surface area contributed by atoms with Gasteiger partial charge in [-0.1, -0.05) is 29.8 Å². The summed E-state index contributed by atoms with van der Waals surface area (Å²) in [5, 5.41) is 2.76. The van der Waals surface area contributed by atoms with Crippen LogP contribution < -0.4 is 14.8 Å². The zero-order chi connectivity index (χ0) is 21.9. The molecule has 1 aliphatic heterocycles. The van der Waals surface area contributed by atoms with Crippen molar-refractivity contribution >= 4 is 43.6 Å². The number of fused-ring (bicyclic) bond motifs is 1. The maximum absolute atomic E-state index is 12.9. The van der Waals surface area contributed by atoms with Gasteiger partial charge in [0.15, 0.2) is 0 Å². The predicted molar refractivity (Wildman–Crippen MR) is 119 cm³/mol. The number of halogens is 1. The van der Waals surface area contributed by atoms with E-state index in [1.807, 2.05) is 18.2 Å². The van der Waals surface area contributed by atoms with E-state index in [0.29, 0.717) is 30.2 Å². The van der Waals surface area contributed by atoms with Crippen molar-refractivity contribution in [3.8, 4) is 11.5 Å². The topological polar surface area (TPSA) is 84.9 Å². The first-order valence-corrected chi connectivity index (χ1v) is 11.7. The first-order chi connectivity index (χ1) is 14.3. The SMILES string of the molecule is CCN(CC)S(=O)(=O)c1ccc(OC)c(NC(=O)C2=Cc3cc(Br)ccc3OC2)c1. The van der Waals surface area contributed by atoms with Crippen LogP contribution in [0.15, 0.2) is 51.3 Å². The second-order valence-electron chi connectivity index (χ2n) is 6.55. The molecule has 0 saturated carbocycles. The summed E-state index contributed by atoms with van der Waals surface area (Å²) in [5.74, 6) is 0.665. The smallest absolute Gasteiger partial charge is 0.255 e. The number of amides is 1. The number of methoxy groups -OCH3 is 1. The van der Waals surface area contributed by atoms with Gasteiger partial charge in [0.2, 0.25) is 10.0 Å². The molecule has 0 bridgehead atoms. The van der Waals surface area contributed by atoms with Crippen molar-refractivity contribution in [3.05, 3.63) is 52.0 Å². The Hall–Kier alpha value is -2.36. The first kappa shape index (κ1) is 22.3. The molecule has 7 nitrogen and oxygen atoms in total. The summed E-state index contributed by atoms with van der Waals surface area (Å²) in [6.07, 6.45) is 1.75. The summed E-state index contributed by atoms with van der Waals surface area (Å²) in [5.41, 5.74) is 1.47. The fourth-order valence-electron chi connectivity index (χ4n) is 3.14. The van der Waals surface area contributed by atoms with Gasteiger partial charge in [0.05, 0.1) is 23.3 Å². The average Bonchev–Trinajstić information content (AvgIpc) is 2.73. The molecule has 0 saturated heterocycles. The number of ether oxygens (including phenoxy) is 2. The third kappa shape index (κ3) is 4.53. The highest BCUT2D eigenvalue weighted by Gasteiger charge is 2.24. The largest absolute Gasteiger partial charge is 0.495 e. The molecule has 2 aromatic rings. The molecule has 0 atom stereocenters. The molecular weight excluding hydrogens is 472 g/mol. The lowest BCUT2D eigenvalue weighted by Gasteiger charge is -2.20. The number of rotatable bonds is 7. The molecule has 0 unspecified atom stereocenters. The number of nitrogens with zero attached hydrogens (tertiary/aromatic N) is 1. The van der Waals surface area contributed by atoms with Crippen LogP contribution in [-0.4, -0.2) is 45.4 Å². The Kier molecular flexibility index (Phi) is 6.84. The number of hydrogen-bond acceptors (Lipinski definition) is 5. The molecule has 1 heterocycles. The van der Waals surface area contributed by atoms with Crippen LogP contribution in [0.4, 0.5) is 5.69 Å². The van der Waals surface area contributed by atoms with Crippen molar-refractivity contribution in [2.24, 2.45) is 0 Å². The molecule has 0 spiro atoms. The molecule has 2 aromatic carbocycles. The second kappa shape index (κ2) is 9.20. The molecule has 30 heavy (non-hydrogen) atoms. The highest BCUT2D eigenvalue weighted by Crippen LogP contribution is 2.32. The predicted octanol–water partition coefficient (Wildman–Crippen LogP) is 3.90. The summed E-state index contributed by atoms with van der Waals surface area (Å²) in [7, 11) is -2.21. The Morgan fingerprint density at radius 2 is 1.93 bits per heavy atom.